The minimum Gasteiger partial charge on any atom is -0.497 e. The van der Waals surface area contributed by atoms with E-state index in [1.54, 1.807) is 13.2 Å². The van der Waals surface area contributed by atoms with Gasteiger partial charge in [0.05, 0.1) is 12.5 Å². The second-order valence-electron chi connectivity index (χ2n) is 4.64. The Kier molecular flexibility index (Phi) is 3.80. The molecule has 2 aromatic carbocycles. The highest BCUT2D eigenvalue weighted by Crippen LogP contribution is 2.28. The maximum atomic E-state index is 12.4. The molecule has 0 saturated heterocycles. The van der Waals surface area contributed by atoms with E-state index in [0.29, 0.717) is 27.8 Å². The summed E-state index contributed by atoms with van der Waals surface area (Å²) in [5.74, 6) is 1.22. The SMILES string of the molecule is COc1cc(CBr)c2oc(-c3ccccc3)cc(=O)c2c1. The topological polar surface area (TPSA) is 39.4 Å². The van der Waals surface area contributed by atoms with Crippen molar-refractivity contribution in [3.8, 4) is 17.1 Å². The third-order valence-electron chi connectivity index (χ3n) is 3.32. The van der Waals surface area contributed by atoms with Crippen molar-refractivity contribution in [2.24, 2.45) is 0 Å². The van der Waals surface area contributed by atoms with Gasteiger partial charge in [0, 0.05) is 22.5 Å². The molecule has 0 aliphatic heterocycles. The van der Waals surface area contributed by atoms with Crippen molar-refractivity contribution in [3.63, 3.8) is 0 Å². The van der Waals surface area contributed by atoms with Gasteiger partial charge in [-0.25, -0.2) is 0 Å². The predicted octanol–water partition coefficient (Wildman–Crippen LogP) is 4.36. The molecule has 1 heterocycles. The predicted molar refractivity (Wildman–Crippen MR) is 87.1 cm³/mol. The number of halogens is 1. The van der Waals surface area contributed by atoms with Crippen LogP contribution in [0.3, 0.4) is 0 Å². The Bertz CT molecular complexity index is 838. The van der Waals surface area contributed by atoms with Crippen LogP contribution >= 0.6 is 15.9 Å². The van der Waals surface area contributed by atoms with Gasteiger partial charge in [-0.15, -0.1) is 0 Å². The van der Waals surface area contributed by atoms with Crippen LogP contribution < -0.4 is 10.2 Å². The van der Waals surface area contributed by atoms with Gasteiger partial charge in [-0.05, 0) is 12.1 Å². The maximum absolute atomic E-state index is 12.4. The molecule has 0 N–H and O–H groups in total. The van der Waals surface area contributed by atoms with Crippen LogP contribution in [0.1, 0.15) is 5.56 Å². The van der Waals surface area contributed by atoms with E-state index in [4.69, 9.17) is 9.15 Å². The lowest BCUT2D eigenvalue weighted by Crippen LogP contribution is -2.02. The summed E-state index contributed by atoms with van der Waals surface area (Å²) in [5.41, 5.74) is 2.29. The van der Waals surface area contributed by atoms with Gasteiger partial charge in [0.15, 0.2) is 5.43 Å². The normalized spacial score (nSPS) is 10.8. The molecule has 0 bridgehead atoms. The van der Waals surface area contributed by atoms with Gasteiger partial charge in [-0.1, -0.05) is 46.3 Å². The zero-order chi connectivity index (χ0) is 14.8. The molecule has 0 fully saturated rings. The summed E-state index contributed by atoms with van der Waals surface area (Å²) in [6.45, 7) is 0. The highest BCUT2D eigenvalue weighted by molar-refractivity contribution is 9.08. The number of hydrogen-bond donors (Lipinski definition) is 0. The molecule has 0 radical (unpaired) electrons. The number of benzene rings is 2. The lowest BCUT2D eigenvalue weighted by Gasteiger charge is -2.08. The van der Waals surface area contributed by atoms with Crippen molar-refractivity contribution in [1.82, 2.24) is 0 Å². The molecule has 21 heavy (non-hydrogen) atoms. The number of rotatable bonds is 3. The van der Waals surface area contributed by atoms with Gasteiger partial charge in [0.2, 0.25) is 0 Å². The first kappa shape index (κ1) is 13.9. The zero-order valence-corrected chi connectivity index (χ0v) is 13.0. The van der Waals surface area contributed by atoms with Gasteiger partial charge in [-0.2, -0.15) is 0 Å². The molecule has 0 spiro atoms. The molecule has 0 saturated carbocycles. The second kappa shape index (κ2) is 5.74. The second-order valence-corrected chi connectivity index (χ2v) is 5.20. The molecule has 106 valence electrons. The maximum Gasteiger partial charge on any atom is 0.193 e. The quantitative estimate of drug-likeness (QED) is 0.662. The number of ether oxygens (including phenoxy) is 1. The summed E-state index contributed by atoms with van der Waals surface area (Å²) in [7, 11) is 1.58. The van der Waals surface area contributed by atoms with Crippen LogP contribution in [0.2, 0.25) is 0 Å². The Balaban J connectivity index is 2.31. The molecule has 0 aliphatic rings. The molecule has 3 rings (SSSR count). The highest BCUT2D eigenvalue weighted by Gasteiger charge is 2.12. The van der Waals surface area contributed by atoms with Gasteiger partial charge in [-0.3, -0.25) is 4.79 Å². The van der Waals surface area contributed by atoms with Gasteiger partial charge in [0.1, 0.15) is 17.1 Å². The van der Waals surface area contributed by atoms with Crippen LogP contribution in [0.15, 0.2) is 57.7 Å². The first-order valence-electron chi connectivity index (χ1n) is 6.49. The van der Waals surface area contributed by atoms with Crippen molar-refractivity contribution in [2.75, 3.05) is 7.11 Å². The largest absolute Gasteiger partial charge is 0.497 e. The Labute approximate surface area is 130 Å². The molecule has 0 aliphatic carbocycles. The van der Waals surface area contributed by atoms with E-state index < -0.39 is 0 Å². The van der Waals surface area contributed by atoms with E-state index in [-0.39, 0.29) is 5.43 Å². The molecule has 4 heteroatoms. The minimum atomic E-state index is -0.0730. The average Bonchev–Trinajstić information content (AvgIpc) is 2.54. The number of fused-ring (bicyclic) bond motifs is 1. The van der Waals surface area contributed by atoms with Gasteiger partial charge >= 0.3 is 0 Å². The monoisotopic (exact) mass is 344 g/mol. The van der Waals surface area contributed by atoms with Crippen molar-refractivity contribution in [3.05, 3.63) is 64.3 Å². The first-order valence-corrected chi connectivity index (χ1v) is 7.61. The Morgan fingerprint density at radius 2 is 1.90 bits per heavy atom. The van der Waals surface area contributed by atoms with Crippen LogP contribution in [0, 0.1) is 0 Å². The van der Waals surface area contributed by atoms with Crippen LogP contribution in [0.4, 0.5) is 0 Å². The molecule has 1 aromatic heterocycles. The number of alkyl halides is 1. The fourth-order valence-electron chi connectivity index (χ4n) is 2.26. The number of hydrogen-bond acceptors (Lipinski definition) is 3. The molecule has 0 atom stereocenters. The van der Waals surface area contributed by atoms with Crippen molar-refractivity contribution in [2.45, 2.75) is 5.33 Å². The lowest BCUT2D eigenvalue weighted by molar-refractivity contribution is 0.414. The molecule has 0 unspecified atom stereocenters. The first-order chi connectivity index (χ1) is 10.2. The molecule has 3 nitrogen and oxygen atoms in total. The molecular formula is C17H13BrO3. The van der Waals surface area contributed by atoms with E-state index >= 15 is 0 Å². The summed E-state index contributed by atoms with van der Waals surface area (Å²) in [6, 6.07) is 14.7. The van der Waals surface area contributed by atoms with Crippen LogP contribution in [0.5, 0.6) is 5.75 Å². The van der Waals surface area contributed by atoms with Gasteiger partial charge < -0.3 is 9.15 Å². The third-order valence-corrected chi connectivity index (χ3v) is 3.92. The third kappa shape index (κ3) is 2.59. The standard InChI is InChI=1S/C17H13BrO3/c1-20-13-7-12(10-18)17-14(8-13)15(19)9-16(21-17)11-5-3-2-4-6-11/h2-9H,10H2,1H3. The summed E-state index contributed by atoms with van der Waals surface area (Å²) < 4.78 is 11.2. The Morgan fingerprint density at radius 1 is 1.14 bits per heavy atom. The van der Waals surface area contributed by atoms with Crippen molar-refractivity contribution >= 4 is 26.9 Å². The average molecular weight is 345 g/mol. The fraction of sp³-hybridized carbons (Fsp3) is 0.118. The smallest absolute Gasteiger partial charge is 0.193 e. The van der Waals surface area contributed by atoms with Crippen molar-refractivity contribution in [1.29, 1.82) is 0 Å². The summed E-state index contributed by atoms with van der Waals surface area (Å²) in [6.07, 6.45) is 0. The van der Waals surface area contributed by atoms with Gasteiger partial charge in [0.25, 0.3) is 0 Å². The molecule has 0 amide bonds. The molecular weight excluding hydrogens is 332 g/mol. The van der Waals surface area contributed by atoms with E-state index in [1.807, 2.05) is 36.4 Å². The minimum absolute atomic E-state index is 0.0730. The van der Waals surface area contributed by atoms with E-state index in [9.17, 15) is 4.79 Å². The molecule has 3 aromatic rings. The van der Waals surface area contributed by atoms with Crippen LogP contribution in [-0.4, -0.2) is 7.11 Å². The van der Waals surface area contributed by atoms with Crippen LogP contribution in [-0.2, 0) is 5.33 Å². The Morgan fingerprint density at radius 3 is 2.57 bits per heavy atom. The summed E-state index contributed by atoms with van der Waals surface area (Å²) in [4.78, 5) is 12.4. The number of methoxy groups -OCH3 is 1. The zero-order valence-electron chi connectivity index (χ0n) is 11.4. The van der Waals surface area contributed by atoms with Crippen LogP contribution in [0.25, 0.3) is 22.3 Å². The Hall–Kier alpha value is -2.07. The summed E-state index contributed by atoms with van der Waals surface area (Å²) in [5, 5.41) is 1.12. The fourth-order valence-corrected chi connectivity index (χ4v) is 2.68. The lowest BCUT2D eigenvalue weighted by atomic mass is 10.1. The van der Waals surface area contributed by atoms with E-state index in [0.717, 1.165) is 11.1 Å². The van der Waals surface area contributed by atoms with E-state index in [2.05, 4.69) is 15.9 Å². The van der Waals surface area contributed by atoms with E-state index in [1.165, 1.54) is 6.07 Å². The van der Waals surface area contributed by atoms with Crippen molar-refractivity contribution < 1.29 is 9.15 Å². The summed E-state index contributed by atoms with van der Waals surface area (Å²) >= 11 is 3.43. The highest BCUT2D eigenvalue weighted by atomic mass is 79.9.